The fraction of sp³-hybridized carbons (Fsp3) is 0.889. The molecule has 3 aliphatic rings. The lowest BCUT2D eigenvalue weighted by Crippen LogP contribution is -2.61. The van der Waals surface area contributed by atoms with Crippen LogP contribution >= 0.6 is 11.3 Å². The van der Waals surface area contributed by atoms with E-state index in [2.05, 4.69) is 20.8 Å². The molecule has 4 heterocycles. The molecule has 18 nitrogen and oxygen atoms in total. The number of esters is 1. The second-order valence-electron chi connectivity index (χ2n) is 19.3. The van der Waals surface area contributed by atoms with Gasteiger partial charge in [0.05, 0.1) is 53.4 Å². The van der Waals surface area contributed by atoms with E-state index in [0.29, 0.717) is 38.3 Å². The predicted octanol–water partition coefficient (Wildman–Crippen LogP) is 2.43. The third-order valence-electron chi connectivity index (χ3n) is 13.6. The predicted molar refractivity (Wildman–Crippen MR) is 241 cm³/mol. The van der Waals surface area contributed by atoms with Crippen LogP contribution in [0.5, 0.6) is 0 Å². The van der Waals surface area contributed by atoms with E-state index in [1.807, 2.05) is 38.2 Å². The quantitative estimate of drug-likeness (QED) is 0.0717. The van der Waals surface area contributed by atoms with Gasteiger partial charge in [0.2, 0.25) is 0 Å². The molecule has 3 aliphatic heterocycles. The van der Waals surface area contributed by atoms with Gasteiger partial charge in [-0.15, -0.1) is 11.3 Å². The number of methoxy groups -OCH3 is 1. The molecule has 3 saturated heterocycles. The maximum absolute atomic E-state index is 14.4. The van der Waals surface area contributed by atoms with Crippen LogP contribution in [-0.4, -0.2) is 179 Å². The molecular weight excluding hydrogens is 851 g/mol. The van der Waals surface area contributed by atoms with Crippen molar-refractivity contribution in [3.05, 3.63) is 16.6 Å². The maximum Gasteiger partial charge on any atom is 0.311 e. The number of thiazole rings is 1. The highest BCUT2D eigenvalue weighted by Gasteiger charge is 2.53. The van der Waals surface area contributed by atoms with Gasteiger partial charge in [-0.1, -0.05) is 32.9 Å². The number of rotatable bonds is 16. The van der Waals surface area contributed by atoms with Crippen molar-refractivity contribution in [1.82, 2.24) is 20.5 Å². The number of nitrogens with zero attached hydrogens (tertiary/aromatic N) is 3. The summed E-state index contributed by atoms with van der Waals surface area (Å²) in [6.07, 6.45) is -7.61. The molecule has 19 heteroatoms. The smallest absolute Gasteiger partial charge is 0.311 e. The number of cyclic esters (lactones) is 1. The molecule has 64 heavy (non-hydrogen) atoms. The van der Waals surface area contributed by atoms with Crippen molar-refractivity contribution in [1.29, 1.82) is 0 Å². The number of ether oxygens (including phenoxy) is 6. The number of hydrogen-bond acceptors (Lipinski definition) is 19. The number of oxime groups is 1. The third-order valence-corrected chi connectivity index (χ3v) is 14.4. The Labute approximate surface area is 384 Å². The van der Waals surface area contributed by atoms with Crippen LogP contribution in [0.15, 0.2) is 16.7 Å². The first kappa shape index (κ1) is 54.7. The van der Waals surface area contributed by atoms with Gasteiger partial charge in [-0.05, 0) is 74.9 Å². The highest BCUT2D eigenvalue weighted by Crippen LogP contribution is 2.41. The molecule has 1 unspecified atom stereocenters. The van der Waals surface area contributed by atoms with Crippen molar-refractivity contribution in [3.63, 3.8) is 0 Å². The minimum atomic E-state index is -1.95. The number of aliphatic hydroxyl groups excluding tert-OH is 3. The van der Waals surface area contributed by atoms with Crippen LogP contribution in [0.25, 0.3) is 0 Å². The highest BCUT2D eigenvalue weighted by molar-refractivity contribution is 7.09. The van der Waals surface area contributed by atoms with Crippen molar-refractivity contribution in [2.75, 3.05) is 47.4 Å². The monoisotopic (exact) mass is 932 g/mol. The first-order valence-corrected chi connectivity index (χ1v) is 23.9. The molecule has 0 radical (unpaired) electrons. The van der Waals surface area contributed by atoms with Crippen molar-refractivity contribution in [2.24, 2.45) is 28.8 Å². The average molecular weight is 932 g/mol. The SMILES string of the molecule is CC[C@H]1OC(=O)[C@H](C)[C@@H](O[C@H]2C[C@@](C)(OC)[C@H](O)[C@H](C)O2)[C@H](C)[C@H](O[C@@H]2O[C@H](C)CC(N(C)C)[C@@H]2O)[C@](C)(O)C[C@@H](C)C(=NOCCNCCNCc2nccs2)[C@H](C)[C@H](O)[C@]1(C)O. The Balaban J connectivity index is 1.73. The van der Waals surface area contributed by atoms with E-state index in [1.165, 1.54) is 14.0 Å². The highest BCUT2D eigenvalue weighted by atomic mass is 32.1. The van der Waals surface area contributed by atoms with Gasteiger partial charge in [-0.2, -0.15) is 0 Å². The van der Waals surface area contributed by atoms with Crippen molar-refractivity contribution in [3.8, 4) is 0 Å². The Kier molecular flexibility index (Phi) is 20.4. The third kappa shape index (κ3) is 13.6. The van der Waals surface area contributed by atoms with Crippen LogP contribution in [0.4, 0.5) is 0 Å². The standard InChI is InChI=1S/C45H81N5O13S/c1-14-32-45(10,56)38(52)27(4)35(49-58-19-17-46-15-16-47-24-33-48-18-20-64-33)25(2)22-43(8,55)40(63-42-36(51)31(50(11)12)21-26(3)59-42)28(5)37(29(6)41(54)61-32)62-34-23-44(9,57-13)39(53)30(7)60-34/h18,20,25-32,34,36-40,42,46-47,51-53,55-56H,14-17,19,21-24H2,1-13H3/t25-,26-,27+,28+,29-,30+,31?,32-,34+,36+,37+,38+,39-,40+,42+,43-,44-,45-/m1/s1. The summed E-state index contributed by atoms with van der Waals surface area (Å²) < 4.78 is 37.9. The molecule has 370 valence electrons. The van der Waals surface area contributed by atoms with Crippen molar-refractivity contribution < 1.29 is 63.6 Å². The van der Waals surface area contributed by atoms with Gasteiger partial charge in [0, 0.05) is 75.1 Å². The van der Waals surface area contributed by atoms with Gasteiger partial charge < -0.3 is 74.3 Å². The normalized spacial score (nSPS) is 42.6. The zero-order chi connectivity index (χ0) is 47.7. The summed E-state index contributed by atoms with van der Waals surface area (Å²) in [4.78, 5) is 26.5. The van der Waals surface area contributed by atoms with Crippen LogP contribution in [0.1, 0.15) is 99.9 Å². The number of nitrogens with one attached hydrogen (secondary N) is 2. The van der Waals surface area contributed by atoms with Gasteiger partial charge in [0.25, 0.3) is 0 Å². The first-order chi connectivity index (χ1) is 30.0. The van der Waals surface area contributed by atoms with Crippen molar-refractivity contribution in [2.45, 2.75) is 186 Å². The Morgan fingerprint density at radius 1 is 0.953 bits per heavy atom. The summed E-state index contributed by atoms with van der Waals surface area (Å²) in [5.41, 5.74) is -4.40. The average Bonchev–Trinajstić information content (AvgIpc) is 3.76. The Morgan fingerprint density at radius 3 is 2.27 bits per heavy atom. The fourth-order valence-electron chi connectivity index (χ4n) is 9.67. The van der Waals surface area contributed by atoms with Crippen LogP contribution in [0.2, 0.25) is 0 Å². The van der Waals surface area contributed by atoms with E-state index in [9.17, 15) is 30.3 Å². The van der Waals surface area contributed by atoms with Crippen LogP contribution in [0, 0.1) is 23.7 Å². The van der Waals surface area contributed by atoms with E-state index in [1.54, 1.807) is 66.0 Å². The van der Waals surface area contributed by atoms with E-state index < -0.39 is 102 Å². The minimum Gasteiger partial charge on any atom is -0.459 e. The van der Waals surface area contributed by atoms with E-state index in [4.69, 9.17) is 33.3 Å². The Bertz CT molecular complexity index is 1590. The molecule has 0 spiro atoms. The van der Waals surface area contributed by atoms with Gasteiger partial charge in [0.1, 0.15) is 35.5 Å². The van der Waals surface area contributed by atoms with Crippen LogP contribution < -0.4 is 10.6 Å². The van der Waals surface area contributed by atoms with Crippen LogP contribution in [0.3, 0.4) is 0 Å². The zero-order valence-electron chi connectivity index (χ0n) is 40.4. The van der Waals surface area contributed by atoms with E-state index in [0.717, 1.165) is 5.01 Å². The largest absolute Gasteiger partial charge is 0.459 e. The summed E-state index contributed by atoms with van der Waals surface area (Å²) in [7, 11) is 5.24. The molecular formula is C45H81N5O13S. The molecule has 0 aliphatic carbocycles. The van der Waals surface area contributed by atoms with Gasteiger partial charge >= 0.3 is 5.97 Å². The van der Waals surface area contributed by atoms with E-state index in [-0.39, 0.29) is 38.0 Å². The molecule has 0 aromatic carbocycles. The number of carbonyl (C=O) groups is 1. The van der Waals surface area contributed by atoms with Gasteiger partial charge in [-0.25, -0.2) is 4.98 Å². The molecule has 0 bridgehead atoms. The number of aliphatic hydroxyl groups is 5. The molecule has 0 amide bonds. The molecule has 4 rings (SSSR count). The molecule has 3 fully saturated rings. The topological polar surface area (TPSA) is 235 Å². The molecule has 7 N–H and O–H groups in total. The lowest BCUT2D eigenvalue weighted by molar-refractivity contribution is -0.317. The number of hydrogen-bond donors (Lipinski definition) is 7. The van der Waals surface area contributed by atoms with Crippen molar-refractivity contribution >= 4 is 23.0 Å². The summed E-state index contributed by atoms with van der Waals surface area (Å²) in [6, 6.07) is -0.325. The van der Waals surface area contributed by atoms with Gasteiger partial charge in [-0.3, -0.25) is 4.79 Å². The molecule has 1 aromatic heterocycles. The number of carbonyl (C=O) groups excluding carboxylic acids is 1. The van der Waals surface area contributed by atoms with E-state index >= 15 is 0 Å². The second-order valence-corrected chi connectivity index (χ2v) is 20.3. The molecule has 18 atom stereocenters. The fourth-order valence-corrected chi connectivity index (χ4v) is 10.3. The Hall–Kier alpha value is -1.95. The zero-order valence-corrected chi connectivity index (χ0v) is 41.2. The summed E-state index contributed by atoms with van der Waals surface area (Å²) in [5, 5.41) is 73.9. The van der Waals surface area contributed by atoms with Gasteiger partial charge in [0.15, 0.2) is 12.6 Å². The number of aromatic nitrogens is 1. The minimum absolute atomic E-state index is 0.00441. The second kappa shape index (κ2) is 23.9. The maximum atomic E-state index is 14.4. The van der Waals surface area contributed by atoms with Crippen LogP contribution in [-0.2, 0) is 44.6 Å². The molecule has 1 aromatic rings. The lowest BCUT2D eigenvalue weighted by atomic mass is 9.73. The Morgan fingerprint density at radius 2 is 1.64 bits per heavy atom. The summed E-state index contributed by atoms with van der Waals surface area (Å²) in [6.45, 7) is 19.9. The first-order valence-electron chi connectivity index (χ1n) is 23.0. The summed E-state index contributed by atoms with van der Waals surface area (Å²) in [5.74, 6) is -4.05. The lowest BCUT2D eigenvalue weighted by Gasteiger charge is -2.49. The molecule has 0 saturated carbocycles. The summed E-state index contributed by atoms with van der Waals surface area (Å²) >= 11 is 1.59. The number of likely N-dealkylation sites (N-methyl/N-ethyl adjacent to an activating group) is 1.